The Labute approximate surface area is 216 Å². The molecule has 0 N–H and O–H groups in total. The topological polar surface area (TPSA) is 43.6 Å². The van der Waals surface area contributed by atoms with E-state index in [9.17, 15) is 0 Å². The molecule has 0 saturated heterocycles. The lowest BCUT2D eigenvalue weighted by molar-refractivity contribution is 0.708. The van der Waals surface area contributed by atoms with Crippen molar-refractivity contribution in [1.82, 2.24) is 20.2 Å². The highest BCUT2D eigenvalue weighted by Gasteiger charge is 2.22. The predicted molar refractivity (Wildman–Crippen MR) is 149 cm³/mol. The lowest BCUT2D eigenvalue weighted by atomic mass is 9.84. The Hall–Kier alpha value is -4.83. The van der Waals surface area contributed by atoms with Gasteiger partial charge in [0.25, 0.3) is 0 Å². The molecule has 0 fully saturated rings. The van der Waals surface area contributed by atoms with Gasteiger partial charge in [-0.25, -0.2) is 0 Å². The van der Waals surface area contributed by atoms with Gasteiger partial charge in [0.1, 0.15) is 0 Å². The molecule has 0 bridgehead atoms. The molecule has 0 aliphatic heterocycles. The largest absolute Gasteiger partial charge is 0.205 e. The van der Waals surface area contributed by atoms with Gasteiger partial charge in [0.2, 0.25) is 5.82 Å². The number of tetrazole rings is 1. The van der Waals surface area contributed by atoms with Crippen molar-refractivity contribution in [3.05, 3.63) is 156 Å². The minimum absolute atomic E-state index is 0.0351. The number of hydrogen-bond acceptors (Lipinski definition) is 3. The van der Waals surface area contributed by atoms with Crippen LogP contribution < -0.4 is 0 Å². The van der Waals surface area contributed by atoms with Crippen molar-refractivity contribution in [2.45, 2.75) is 12.8 Å². The summed E-state index contributed by atoms with van der Waals surface area (Å²) < 4.78 is 0. The van der Waals surface area contributed by atoms with E-state index in [2.05, 4.69) is 120 Å². The molecule has 0 amide bonds. The Balaban J connectivity index is 1.45. The van der Waals surface area contributed by atoms with Gasteiger partial charge in [-0.05, 0) is 46.0 Å². The summed E-state index contributed by atoms with van der Waals surface area (Å²) in [7, 11) is 0. The van der Waals surface area contributed by atoms with E-state index in [1.807, 2.05) is 30.3 Å². The molecule has 0 unspecified atom stereocenters. The summed E-state index contributed by atoms with van der Waals surface area (Å²) in [5.74, 6) is 0.634. The third kappa shape index (κ3) is 4.57. The lowest BCUT2D eigenvalue weighted by Crippen LogP contribution is -2.10. The van der Waals surface area contributed by atoms with Crippen LogP contribution in [0.25, 0.3) is 28.2 Å². The molecule has 0 radical (unpaired) electrons. The monoisotopic (exact) mass is 478 g/mol. The second kappa shape index (κ2) is 10.0. The maximum atomic E-state index is 4.88. The zero-order chi connectivity index (χ0) is 25.0. The number of aromatic nitrogens is 4. The first kappa shape index (κ1) is 22.6. The third-order valence-corrected chi connectivity index (χ3v) is 6.67. The first-order valence-electron chi connectivity index (χ1n) is 12.4. The fraction of sp³-hybridized carbons (Fsp3) is 0.0606. The van der Waals surface area contributed by atoms with Gasteiger partial charge >= 0.3 is 0 Å². The van der Waals surface area contributed by atoms with Gasteiger partial charge in [-0.3, -0.25) is 0 Å². The number of benzene rings is 5. The molecular weight excluding hydrogens is 452 g/mol. The van der Waals surface area contributed by atoms with Crippen LogP contribution in [0.2, 0.25) is 0 Å². The zero-order valence-corrected chi connectivity index (χ0v) is 20.6. The fourth-order valence-electron chi connectivity index (χ4n) is 4.84. The van der Waals surface area contributed by atoms with Crippen LogP contribution in [0.1, 0.15) is 28.2 Å². The van der Waals surface area contributed by atoms with Crippen molar-refractivity contribution in [2.24, 2.45) is 0 Å². The highest BCUT2D eigenvalue weighted by atomic mass is 15.6. The molecule has 5 aromatic carbocycles. The third-order valence-electron chi connectivity index (χ3n) is 6.67. The molecule has 0 aliphatic rings. The maximum Gasteiger partial charge on any atom is 0.205 e. The number of rotatable bonds is 6. The first-order valence-corrected chi connectivity index (χ1v) is 12.4. The lowest BCUT2D eigenvalue weighted by Gasteiger charge is -2.21. The minimum atomic E-state index is 0.0351. The van der Waals surface area contributed by atoms with Crippen molar-refractivity contribution in [3.8, 4) is 28.2 Å². The molecule has 1 heterocycles. The van der Waals surface area contributed by atoms with Gasteiger partial charge in [0.05, 0.1) is 5.69 Å². The zero-order valence-electron chi connectivity index (χ0n) is 20.6. The molecule has 37 heavy (non-hydrogen) atoms. The maximum absolute atomic E-state index is 4.88. The van der Waals surface area contributed by atoms with Crippen LogP contribution in [0, 0.1) is 6.92 Å². The van der Waals surface area contributed by atoms with Crippen LogP contribution in [-0.4, -0.2) is 20.2 Å². The normalized spacial score (nSPS) is 11.1. The summed E-state index contributed by atoms with van der Waals surface area (Å²) in [4.78, 5) is 1.66. The molecule has 0 saturated carbocycles. The van der Waals surface area contributed by atoms with E-state index in [1.54, 1.807) is 4.80 Å². The van der Waals surface area contributed by atoms with E-state index < -0.39 is 0 Å². The van der Waals surface area contributed by atoms with Crippen molar-refractivity contribution in [2.75, 3.05) is 0 Å². The number of para-hydroxylation sites is 1. The second-order valence-corrected chi connectivity index (χ2v) is 9.13. The van der Waals surface area contributed by atoms with Crippen molar-refractivity contribution in [3.63, 3.8) is 0 Å². The van der Waals surface area contributed by atoms with Crippen molar-refractivity contribution in [1.29, 1.82) is 0 Å². The quantitative estimate of drug-likeness (QED) is 0.233. The Morgan fingerprint density at radius 1 is 0.568 bits per heavy atom. The summed E-state index contributed by atoms with van der Waals surface area (Å²) >= 11 is 0. The molecule has 1 aromatic heterocycles. The number of aryl methyl sites for hydroxylation is 1. The Morgan fingerprint density at radius 2 is 1.14 bits per heavy atom. The van der Waals surface area contributed by atoms with E-state index in [4.69, 9.17) is 5.10 Å². The van der Waals surface area contributed by atoms with E-state index in [-0.39, 0.29) is 5.92 Å². The van der Waals surface area contributed by atoms with Gasteiger partial charge in [-0.1, -0.05) is 133 Å². The molecule has 178 valence electrons. The van der Waals surface area contributed by atoms with Gasteiger partial charge in [-0.15, -0.1) is 15.0 Å². The predicted octanol–water partition coefficient (Wildman–Crippen LogP) is 7.48. The van der Waals surface area contributed by atoms with Gasteiger partial charge < -0.3 is 0 Å². The molecule has 6 rings (SSSR count). The Morgan fingerprint density at radius 3 is 1.81 bits per heavy atom. The molecule has 4 nitrogen and oxygen atoms in total. The molecule has 0 aliphatic carbocycles. The highest BCUT2D eigenvalue weighted by Crippen LogP contribution is 2.35. The van der Waals surface area contributed by atoms with E-state index in [1.165, 1.54) is 16.7 Å². The van der Waals surface area contributed by atoms with Gasteiger partial charge in [0.15, 0.2) is 0 Å². The Kier molecular flexibility index (Phi) is 6.14. The van der Waals surface area contributed by atoms with Crippen LogP contribution in [0.5, 0.6) is 0 Å². The summed E-state index contributed by atoms with van der Waals surface area (Å²) in [6.45, 7) is 2.10. The highest BCUT2D eigenvalue weighted by molar-refractivity contribution is 5.80. The van der Waals surface area contributed by atoms with Crippen LogP contribution in [0.15, 0.2) is 133 Å². The van der Waals surface area contributed by atoms with Crippen LogP contribution >= 0.6 is 0 Å². The van der Waals surface area contributed by atoms with Gasteiger partial charge in [0, 0.05) is 11.5 Å². The fourth-order valence-corrected chi connectivity index (χ4v) is 4.84. The van der Waals surface area contributed by atoms with Crippen molar-refractivity contribution < 1.29 is 0 Å². The van der Waals surface area contributed by atoms with Gasteiger partial charge in [-0.2, -0.15) is 0 Å². The summed E-state index contributed by atoms with van der Waals surface area (Å²) in [6.07, 6.45) is 0. The number of nitrogens with zero attached hydrogens (tertiary/aromatic N) is 4. The van der Waals surface area contributed by atoms with Crippen LogP contribution in [0.4, 0.5) is 0 Å². The SMILES string of the molecule is Cc1ccc(-c2ccccc2-c2nnn(-c3ccccc3C(c3ccccc3)c3ccccc3)n2)cc1. The van der Waals surface area contributed by atoms with E-state index in [0.29, 0.717) is 5.82 Å². The molecule has 0 spiro atoms. The number of hydrogen-bond donors (Lipinski definition) is 0. The van der Waals surface area contributed by atoms with E-state index >= 15 is 0 Å². The Bertz CT molecular complexity index is 1580. The summed E-state index contributed by atoms with van der Waals surface area (Å²) in [5, 5.41) is 13.9. The summed E-state index contributed by atoms with van der Waals surface area (Å²) in [5.41, 5.74) is 8.86. The molecular formula is C33H26N4. The van der Waals surface area contributed by atoms with Crippen molar-refractivity contribution >= 4 is 0 Å². The molecule has 6 aromatic rings. The summed E-state index contributed by atoms with van der Waals surface area (Å²) in [6, 6.07) is 46.2. The first-order chi connectivity index (χ1) is 18.3. The average Bonchev–Trinajstić information content (AvgIpc) is 3.45. The minimum Gasteiger partial charge on any atom is -0.130 e. The molecule has 4 heteroatoms. The van der Waals surface area contributed by atoms with Crippen LogP contribution in [0.3, 0.4) is 0 Å². The van der Waals surface area contributed by atoms with Crippen LogP contribution in [-0.2, 0) is 0 Å². The molecule has 0 atom stereocenters. The standard InChI is InChI=1S/C33H26N4/c1-24-20-22-25(23-21-24)28-16-8-9-17-29(28)33-34-36-37(35-33)31-19-11-10-18-30(31)32(26-12-4-2-5-13-26)27-14-6-3-7-15-27/h2-23,32H,1H3. The second-order valence-electron chi connectivity index (χ2n) is 9.13. The average molecular weight is 479 g/mol. The smallest absolute Gasteiger partial charge is 0.130 e. The van der Waals surface area contributed by atoms with E-state index in [0.717, 1.165) is 27.9 Å².